The lowest BCUT2D eigenvalue weighted by Gasteiger charge is -2.62. The van der Waals surface area contributed by atoms with Crippen LogP contribution >= 0.6 is 0 Å². The zero-order valence-electron chi connectivity index (χ0n) is 23.4. The minimum atomic E-state index is -0.767. The van der Waals surface area contributed by atoms with Gasteiger partial charge >= 0.3 is 11.9 Å². The van der Waals surface area contributed by atoms with Gasteiger partial charge in [0.1, 0.15) is 18.4 Å². The zero-order chi connectivity index (χ0) is 28.6. The largest absolute Gasteiger partial charge is 0.459 e. The van der Waals surface area contributed by atoms with Crippen LogP contribution in [0.4, 0.5) is 0 Å². The Labute approximate surface area is 230 Å². The number of ketones is 1. The van der Waals surface area contributed by atoms with Crippen molar-refractivity contribution >= 4 is 23.6 Å². The van der Waals surface area contributed by atoms with Crippen LogP contribution in [0, 0.1) is 34.0 Å². The van der Waals surface area contributed by atoms with E-state index in [-0.39, 0.29) is 29.0 Å². The van der Waals surface area contributed by atoms with Crippen molar-refractivity contribution in [2.75, 3.05) is 13.2 Å². The second-order valence-electron chi connectivity index (χ2n) is 12.3. The highest BCUT2D eigenvalue weighted by Gasteiger charge is 2.68. The van der Waals surface area contributed by atoms with E-state index >= 15 is 0 Å². The van der Waals surface area contributed by atoms with Crippen molar-refractivity contribution in [1.82, 2.24) is 5.32 Å². The van der Waals surface area contributed by atoms with Gasteiger partial charge in [-0.3, -0.25) is 14.4 Å². The van der Waals surface area contributed by atoms with Gasteiger partial charge in [0.25, 0.3) is 5.91 Å². The average Bonchev–Trinajstić information content (AvgIpc) is 3.30. The third kappa shape index (κ3) is 5.04. The summed E-state index contributed by atoms with van der Waals surface area (Å²) in [6, 6.07) is 8.46. The normalized spacial score (nSPS) is 37.6. The Bertz CT molecular complexity index is 1140. The van der Waals surface area contributed by atoms with Crippen LogP contribution in [0.3, 0.4) is 0 Å². The molecule has 1 aromatic carbocycles. The Hall–Kier alpha value is -3.00. The number of aliphatic hydroxyl groups is 1. The van der Waals surface area contributed by atoms with E-state index in [0.717, 1.165) is 6.42 Å². The minimum absolute atomic E-state index is 0.129. The highest BCUT2D eigenvalue weighted by Crippen LogP contribution is 2.68. The van der Waals surface area contributed by atoms with Gasteiger partial charge in [-0.2, -0.15) is 0 Å². The summed E-state index contributed by atoms with van der Waals surface area (Å²) in [6.07, 6.45) is 3.36. The van der Waals surface area contributed by atoms with Crippen LogP contribution in [0.25, 0.3) is 0 Å². The highest BCUT2D eigenvalue weighted by molar-refractivity contribution is 5.96. The molecule has 1 unspecified atom stereocenters. The molecule has 8 atom stereocenters. The monoisotopic (exact) mass is 539 g/mol. The molecule has 3 fully saturated rings. The Morgan fingerprint density at radius 1 is 1.13 bits per heavy atom. The van der Waals surface area contributed by atoms with E-state index < -0.39 is 54.0 Å². The van der Waals surface area contributed by atoms with Crippen molar-refractivity contribution in [2.24, 2.45) is 34.0 Å². The first kappa shape index (κ1) is 29.0. The topological polar surface area (TPSA) is 119 Å². The maximum Gasteiger partial charge on any atom is 0.344 e. The third-order valence-electron chi connectivity index (χ3n) is 10.2. The van der Waals surface area contributed by atoms with Gasteiger partial charge in [-0.15, -0.1) is 6.58 Å². The maximum absolute atomic E-state index is 13.4. The van der Waals surface area contributed by atoms with Gasteiger partial charge in [-0.05, 0) is 55.1 Å². The lowest BCUT2D eigenvalue weighted by molar-refractivity contribution is -0.207. The molecular weight excluding hydrogens is 498 g/mol. The zero-order valence-corrected chi connectivity index (χ0v) is 23.4. The first-order valence-electron chi connectivity index (χ1n) is 13.9. The van der Waals surface area contributed by atoms with Gasteiger partial charge < -0.3 is 19.9 Å². The SMILES string of the molecule is C=C[C@]1(C)C[C@@H](OC(=O)COC(=O)CNC(=O)c2ccccc2)C2(C)CC[C@@H](C)[C@@]3(CCC(=O)[C@@H]23)[C@@H](C)[C@@H]1O. The second kappa shape index (κ2) is 10.9. The van der Waals surface area contributed by atoms with Crippen molar-refractivity contribution in [3.8, 4) is 0 Å². The van der Waals surface area contributed by atoms with Crippen molar-refractivity contribution in [2.45, 2.75) is 72.0 Å². The molecule has 8 nitrogen and oxygen atoms in total. The first-order valence-corrected chi connectivity index (χ1v) is 13.9. The van der Waals surface area contributed by atoms with Crippen LogP contribution in [0.2, 0.25) is 0 Å². The van der Waals surface area contributed by atoms with Crippen LogP contribution < -0.4 is 5.32 Å². The summed E-state index contributed by atoms with van der Waals surface area (Å²) in [5.74, 6) is -1.97. The molecule has 2 N–H and O–H groups in total. The Kier molecular flexibility index (Phi) is 8.08. The smallest absolute Gasteiger partial charge is 0.344 e. The first-order chi connectivity index (χ1) is 18.4. The molecule has 8 heteroatoms. The number of carbonyl (C=O) groups excluding carboxylic acids is 4. The van der Waals surface area contributed by atoms with Crippen molar-refractivity contribution < 1.29 is 33.8 Å². The molecule has 0 aliphatic heterocycles. The highest BCUT2D eigenvalue weighted by atomic mass is 16.6. The molecule has 2 bridgehead atoms. The van der Waals surface area contributed by atoms with E-state index in [4.69, 9.17) is 9.47 Å². The van der Waals surface area contributed by atoms with E-state index in [9.17, 15) is 24.3 Å². The molecule has 39 heavy (non-hydrogen) atoms. The minimum Gasteiger partial charge on any atom is -0.459 e. The Morgan fingerprint density at radius 2 is 1.82 bits per heavy atom. The number of rotatable bonds is 7. The van der Waals surface area contributed by atoms with Crippen LogP contribution in [0.1, 0.15) is 70.2 Å². The number of aliphatic hydroxyl groups excluding tert-OH is 1. The van der Waals surface area contributed by atoms with Crippen LogP contribution in [0.15, 0.2) is 43.0 Å². The van der Waals surface area contributed by atoms with Crippen molar-refractivity contribution in [3.05, 3.63) is 48.6 Å². The predicted octanol–water partition coefficient (Wildman–Crippen LogP) is 3.87. The van der Waals surface area contributed by atoms with Gasteiger partial charge in [0, 0.05) is 28.7 Å². The molecule has 212 valence electrons. The number of benzene rings is 1. The van der Waals surface area contributed by atoms with E-state index in [1.807, 2.05) is 13.8 Å². The number of esters is 2. The van der Waals surface area contributed by atoms with Gasteiger partial charge in [0.2, 0.25) is 0 Å². The molecule has 0 heterocycles. The molecule has 1 amide bonds. The number of Topliss-reactive ketones (excluding diaryl/α,β-unsaturated/α-hetero) is 1. The van der Waals surface area contributed by atoms with Crippen molar-refractivity contribution in [3.63, 3.8) is 0 Å². The summed E-state index contributed by atoms with van der Waals surface area (Å²) in [7, 11) is 0. The average molecular weight is 540 g/mol. The summed E-state index contributed by atoms with van der Waals surface area (Å²) in [6.45, 7) is 11.2. The number of hydrogen-bond acceptors (Lipinski definition) is 7. The molecule has 3 aliphatic rings. The molecule has 3 saturated carbocycles. The predicted molar refractivity (Wildman–Crippen MR) is 144 cm³/mol. The number of nitrogens with one attached hydrogen (secondary N) is 1. The van der Waals surface area contributed by atoms with Crippen LogP contribution in [-0.4, -0.2) is 54.1 Å². The quantitative estimate of drug-likeness (QED) is 0.399. The fourth-order valence-electron chi connectivity index (χ4n) is 7.89. The Balaban J connectivity index is 1.49. The summed E-state index contributed by atoms with van der Waals surface area (Å²) in [5, 5.41) is 14.1. The van der Waals surface area contributed by atoms with Gasteiger partial charge in [-0.25, -0.2) is 4.79 Å². The number of hydrogen-bond donors (Lipinski definition) is 2. The molecule has 4 rings (SSSR count). The summed E-state index contributed by atoms with van der Waals surface area (Å²) in [5.41, 5.74) is -1.35. The second-order valence-corrected chi connectivity index (χ2v) is 12.3. The fraction of sp³-hybridized carbons (Fsp3) is 0.613. The van der Waals surface area contributed by atoms with E-state index in [1.54, 1.807) is 36.4 Å². The molecule has 3 aliphatic carbocycles. The summed E-state index contributed by atoms with van der Waals surface area (Å²) in [4.78, 5) is 50.8. The Morgan fingerprint density at radius 3 is 2.49 bits per heavy atom. The van der Waals surface area contributed by atoms with Gasteiger partial charge in [0.15, 0.2) is 6.61 Å². The van der Waals surface area contributed by atoms with Crippen LogP contribution in [-0.2, 0) is 23.9 Å². The standard InChI is InChI=1S/C31H41NO7/c1-6-29(4)16-23(39-25(35)18-38-24(34)17-32-28(37)21-10-8-7-9-11-21)30(5)14-12-19(2)31(20(3)27(29)36)15-13-22(33)26(30)31/h6-11,19-20,23,26-27,36H,1,12-18H2,2-5H3,(H,32,37)/t19-,20+,23-,26+,27+,29-,30?,31+/m1/s1. The third-order valence-corrected chi connectivity index (χ3v) is 10.2. The van der Waals surface area contributed by atoms with Gasteiger partial charge in [-0.1, -0.05) is 52.0 Å². The lowest BCUT2D eigenvalue weighted by Crippen LogP contribution is -2.63. The van der Waals surface area contributed by atoms with Crippen LogP contribution in [0.5, 0.6) is 0 Å². The number of carbonyl (C=O) groups is 4. The van der Waals surface area contributed by atoms with Crippen molar-refractivity contribution in [1.29, 1.82) is 0 Å². The molecule has 0 radical (unpaired) electrons. The lowest BCUT2D eigenvalue weighted by atomic mass is 9.43. The molecule has 1 aromatic rings. The summed E-state index contributed by atoms with van der Waals surface area (Å²) >= 11 is 0. The van der Waals surface area contributed by atoms with E-state index in [1.165, 1.54) is 0 Å². The summed E-state index contributed by atoms with van der Waals surface area (Å²) < 4.78 is 11.1. The fourth-order valence-corrected chi connectivity index (χ4v) is 7.89. The van der Waals surface area contributed by atoms with E-state index in [0.29, 0.717) is 31.2 Å². The van der Waals surface area contributed by atoms with Gasteiger partial charge in [0.05, 0.1) is 6.10 Å². The maximum atomic E-state index is 13.4. The molecule has 0 saturated heterocycles. The molecular formula is C31H41NO7. The molecule has 0 aromatic heterocycles. The molecule has 0 spiro atoms. The number of ether oxygens (including phenoxy) is 2. The van der Waals surface area contributed by atoms with E-state index in [2.05, 4.69) is 25.7 Å². The number of amides is 1.